The van der Waals surface area contributed by atoms with Crippen molar-refractivity contribution in [2.75, 3.05) is 24.3 Å². The zero-order valence-electron chi connectivity index (χ0n) is 15.6. The van der Waals surface area contributed by atoms with E-state index in [1.54, 1.807) is 22.7 Å². The van der Waals surface area contributed by atoms with Gasteiger partial charge in [0.05, 0.1) is 23.8 Å². The molecule has 4 nitrogen and oxygen atoms in total. The largest absolute Gasteiger partial charge is 0.376 e. The molecular weight excluding hydrogens is 395 g/mol. The van der Waals surface area contributed by atoms with Gasteiger partial charge in [-0.1, -0.05) is 29.5 Å². The molecular formula is C21H21FN2O2S2. The van der Waals surface area contributed by atoms with Gasteiger partial charge in [-0.05, 0) is 48.9 Å². The summed E-state index contributed by atoms with van der Waals surface area (Å²) >= 11 is 3.01. The fraction of sp³-hybridized carbons (Fsp3) is 0.333. The molecule has 0 spiro atoms. The first kappa shape index (κ1) is 19.4. The summed E-state index contributed by atoms with van der Waals surface area (Å²) in [7, 11) is 0. The highest BCUT2D eigenvalue weighted by Gasteiger charge is 2.26. The third-order valence-corrected chi connectivity index (χ3v) is 6.60. The summed E-state index contributed by atoms with van der Waals surface area (Å²) in [5, 5.41) is 0.529. The quantitative estimate of drug-likeness (QED) is 0.536. The first-order chi connectivity index (χ1) is 13.6. The summed E-state index contributed by atoms with van der Waals surface area (Å²) in [5.74, 6) is -0.413. The predicted octanol–water partition coefficient (Wildman–Crippen LogP) is 4.91. The van der Waals surface area contributed by atoms with E-state index in [4.69, 9.17) is 4.74 Å². The molecule has 28 heavy (non-hydrogen) atoms. The van der Waals surface area contributed by atoms with E-state index in [1.165, 1.54) is 17.4 Å². The van der Waals surface area contributed by atoms with E-state index < -0.39 is 0 Å². The number of rotatable bonds is 6. The number of hydrogen-bond donors (Lipinski definition) is 0. The van der Waals surface area contributed by atoms with Gasteiger partial charge in [0.2, 0.25) is 5.91 Å². The van der Waals surface area contributed by atoms with Crippen LogP contribution in [0.4, 0.5) is 9.52 Å². The summed E-state index contributed by atoms with van der Waals surface area (Å²) in [6.45, 7) is 1.17. The molecule has 1 atom stereocenters. The topological polar surface area (TPSA) is 42.4 Å². The fourth-order valence-corrected chi connectivity index (χ4v) is 4.73. The highest BCUT2D eigenvalue weighted by Crippen LogP contribution is 2.31. The molecule has 4 rings (SSSR count). The van der Waals surface area contributed by atoms with Gasteiger partial charge < -0.3 is 4.74 Å². The highest BCUT2D eigenvalue weighted by molar-refractivity contribution is 7.98. The van der Waals surface area contributed by atoms with Crippen LogP contribution in [0.1, 0.15) is 18.4 Å². The van der Waals surface area contributed by atoms with Crippen LogP contribution in [0.3, 0.4) is 0 Å². The van der Waals surface area contributed by atoms with Crippen molar-refractivity contribution in [1.82, 2.24) is 4.98 Å². The van der Waals surface area contributed by atoms with Crippen LogP contribution in [0.5, 0.6) is 0 Å². The Morgan fingerprint density at radius 3 is 2.82 bits per heavy atom. The molecule has 1 aliphatic rings. The minimum absolute atomic E-state index is 0.000299. The van der Waals surface area contributed by atoms with Crippen molar-refractivity contribution in [3.8, 4) is 0 Å². The molecule has 146 valence electrons. The van der Waals surface area contributed by atoms with Crippen LogP contribution >= 0.6 is 23.1 Å². The number of carbonyl (C=O) groups excluding carboxylic acids is 1. The van der Waals surface area contributed by atoms with Gasteiger partial charge in [-0.25, -0.2) is 9.37 Å². The molecule has 1 saturated heterocycles. The van der Waals surface area contributed by atoms with Gasteiger partial charge in [-0.15, -0.1) is 11.8 Å². The second-order valence-electron chi connectivity index (χ2n) is 6.75. The Balaban J connectivity index is 1.61. The number of nitrogens with zero attached hydrogens (tertiary/aromatic N) is 2. The van der Waals surface area contributed by atoms with E-state index >= 15 is 0 Å². The maximum absolute atomic E-state index is 14.1. The van der Waals surface area contributed by atoms with E-state index in [2.05, 4.69) is 4.98 Å². The SMILES string of the molecule is CSc1ccc(CC(=O)N(CC2CCCO2)c2nc3c(F)cccc3s2)cc1. The smallest absolute Gasteiger partial charge is 0.233 e. The fourth-order valence-electron chi connectivity index (χ4n) is 3.31. The summed E-state index contributed by atoms with van der Waals surface area (Å²) < 4.78 is 20.6. The predicted molar refractivity (Wildman–Crippen MR) is 113 cm³/mol. The van der Waals surface area contributed by atoms with E-state index in [9.17, 15) is 9.18 Å². The number of para-hydroxylation sites is 1. The zero-order valence-corrected chi connectivity index (χ0v) is 17.2. The van der Waals surface area contributed by atoms with Crippen LogP contribution in [-0.4, -0.2) is 36.4 Å². The molecule has 1 aliphatic heterocycles. The van der Waals surface area contributed by atoms with Crippen molar-refractivity contribution in [3.05, 3.63) is 53.8 Å². The van der Waals surface area contributed by atoms with Crippen LogP contribution in [0, 0.1) is 5.82 Å². The highest BCUT2D eigenvalue weighted by atomic mass is 32.2. The number of hydrogen-bond acceptors (Lipinski definition) is 5. The van der Waals surface area contributed by atoms with Gasteiger partial charge in [0.1, 0.15) is 11.3 Å². The molecule has 0 radical (unpaired) electrons. The maximum Gasteiger partial charge on any atom is 0.233 e. The van der Waals surface area contributed by atoms with Crippen LogP contribution in [0.25, 0.3) is 10.2 Å². The van der Waals surface area contributed by atoms with Gasteiger partial charge in [0.15, 0.2) is 5.13 Å². The Kier molecular flexibility index (Phi) is 5.94. The number of halogens is 1. The average molecular weight is 417 g/mol. The average Bonchev–Trinajstić information content (AvgIpc) is 3.37. The Morgan fingerprint density at radius 2 is 2.14 bits per heavy atom. The molecule has 1 unspecified atom stereocenters. The van der Waals surface area contributed by atoms with E-state index in [0.29, 0.717) is 17.2 Å². The molecule has 1 amide bonds. The molecule has 0 saturated carbocycles. The molecule has 1 aromatic heterocycles. The number of thiazole rings is 1. The number of ether oxygens (including phenoxy) is 1. The van der Waals surface area contributed by atoms with Crippen LogP contribution in [-0.2, 0) is 16.0 Å². The molecule has 0 bridgehead atoms. The summed E-state index contributed by atoms with van der Waals surface area (Å²) in [6, 6.07) is 12.9. The number of benzene rings is 2. The molecule has 3 aromatic rings. The molecule has 1 fully saturated rings. The van der Waals surface area contributed by atoms with Crippen molar-refractivity contribution in [2.24, 2.45) is 0 Å². The minimum Gasteiger partial charge on any atom is -0.376 e. The Labute approximate surface area is 171 Å². The number of carbonyl (C=O) groups is 1. The second kappa shape index (κ2) is 8.59. The Hall–Kier alpha value is -1.96. The third kappa shape index (κ3) is 4.21. The van der Waals surface area contributed by atoms with Crippen LogP contribution < -0.4 is 4.90 Å². The molecule has 0 N–H and O–H groups in total. The first-order valence-corrected chi connectivity index (χ1v) is 11.3. The van der Waals surface area contributed by atoms with Crippen molar-refractivity contribution < 1.29 is 13.9 Å². The summed E-state index contributed by atoms with van der Waals surface area (Å²) in [5.41, 5.74) is 1.27. The van der Waals surface area contributed by atoms with Crippen LogP contribution in [0.15, 0.2) is 47.4 Å². The molecule has 7 heteroatoms. The lowest BCUT2D eigenvalue weighted by atomic mass is 10.1. The van der Waals surface area contributed by atoms with Crippen molar-refractivity contribution >= 4 is 44.4 Å². The van der Waals surface area contributed by atoms with E-state index in [-0.39, 0.29) is 24.2 Å². The molecule has 2 heterocycles. The van der Waals surface area contributed by atoms with Crippen molar-refractivity contribution in [3.63, 3.8) is 0 Å². The maximum atomic E-state index is 14.1. The number of aromatic nitrogens is 1. The lowest BCUT2D eigenvalue weighted by molar-refractivity contribution is -0.118. The number of fused-ring (bicyclic) bond motifs is 1. The Bertz CT molecular complexity index is 968. The molecule has 0 aliphatic carbocycles. The van der Waals surface area contributed by atoms with Crippen molar-refractivity contribution in [1.29, 1.82) is 0 Å². The van der Waals surface area contributed by atoms with Gasteiger partial charge in [0, 0.05) is 11.5 Å². The van der Waals surface area contributed by atoms with Crippen LogP contribution in [0.2, 0.25) is 0 Å². The number of anilines is 1. The summed E-state index contributed by atoms with van der Waals surface area (Å²) in [4.78, 5) is 20.4. The van der Waals surface area contributed by atoms with Gasteiger partial charge >= 0.3 is 0 Å². The van der Waals surface area contributed by atoms with Gasteiger partial charge in [-0.3, -0.25) is 9.69 Å². The minimum atomic E-state index is -0.364. The number of amides is 1. The first-order valence-electron chi connectivity index (χ1n) is 9.24. The third-order valence-electron chi connectivity index (χ3n) is 4.82. The Morgan fingerprint density at radius 1 is 1.32 bits per heavy atom. The van der Waals surface area contributed by atoms with Crippen molar-refractivity contribution in [2.45, 2.75) is 30.3 Å². The summed E-state index contributed by atoms with van der Waals surface area (Å²) in [6.07, 6.45) is 4.22. The van der Waals surface area contributed by atoms with E-state index in [0.717, 1.165) is 34.6 Å². The second-order valence-corrected chi connectivity index (χ2v) is 8.64. The standard InChI is InChI=1S/C21H21FN2O2S2/c1-27-16-9-7-14(8-10-16)12-19(25)24(13-15-4-3-11-26-15)21-23-20-17(22)5-2-6-18(20)28-21/h2,5-10,15H,3-4,11-13H2,1H3. The molecule has 2 aromatic carbocycles. The lowest BCUT2D eigenvalue weighted by Crippen LogP contribution is -2.38. The zero-order chi connectivity index (χ0) is 19.5. The lowest BCUT2D eigenvalue weighted by Gasteiger charge is -2.23. The van der Waals surface area contributed by atoms with Gasteiger partial charge in [0.25, 0.3) is 0 Å². The normalized spacial score (nSPS) is 16.6. The van der Waals surface area contributed by atoms with E-state index in [1.807, 2.05) is 36.6 Å². The number of thioether (sulfide) groups is 1. The monoisotopic (exact) mass is 416 g/mol. The van der Waals surface area contributed by atoms with Gasteiger partial charge in [-0.2, -0.15) is 0 Å².